The largest absolute Gasteiger partial charge is 0.376 e. The molecule has 0 unspecified atom stereocenters. The summed E-state index contributed by atoms with van der Waals surface area (Å²) in [5.74, 6) is -0.205. The molecule has 1 aromatic carbocycles. The average molecular weight is 369 g/mol. The van der Waals surface area contributed by atoms with Crippen molar-refractivity contribution in [2.45, 2.75) is 0 Å². The van der Waals surface area contributed by atoms with Crippen LogP contribution in [0.3, 0.4) is 0 Å². The van der Waals surface area contributed by atoms with Gasteiger partial charge < -0.3 is 9.80 Å². The summed E-state index contributed by atoms with van der Waals surface area (Å²) in [6, 6.07) is 11.2. The van der Waals surface area contributed by atoms with Crippen LogP contribution in [0.15, 0.2) is 53.5 Å². The third-order valence-corrected chi connectivity index (χ3v) is 4.65. The lowest BCUT2D eigenvalue weighted by molar-refractivity contribution is -0.385. The highest BCUT2D eigenvalue weighted by molar-refractivity contribution is 5.62. The lowest BCUT2D eigenvalue weighted by Gasteiger charge is -2.36. The summed E-state index contributed by atoms with van der Waals surface area (Å²) in [6.07, 6.45) is 1.47. The molecule has 27 heavy (non-hydrogen) atoms. The molecule has 0 radical (unpaired) electrons. The van der Waals surface area contributed by atoms with Gasteiger partial charge in [0.2, 0.25) is 5.82 Å². The monoisotopic (exact) mass is 369 g/mol. The summed E-state index contributed by atoms with van der Waals surface area (Å²) in [7, 11) is 0. The van der Waals surface area contributed by atoms with Crippen molar-refractivity contribution in [2.24, 2.45) is 0 Å². The number of rotatable bonds is 3. The quantitative estimate of drug-likeness (QED) is 0.519. The molecule has 0 spiro atoms. The number of fused-ring (bicyclic) bond motifs is 1. The fourth-order valence-corrected chi connectivity index (χ4v) is 3.28. The van der Waals surface area contributed by atoms with E-state index in [2.05, 4.69) is 9.88 Å². The van der Waals surface area contributed by atoms with Crippen LogP contribution in [0.1, 0.15) is 0 Å². The Morgan fingerprint density at radius 2 is 1.67 bits per heavy atom. The molecule has 138 valence electrons. The first kappa shape index (κ1) is 17.0. The van der Waals surface area contributed by atoms with Crippen molar-refractivity contribution in [3.63, 3.8) is 0 Å². The summed E-state index contributed by atoms with van der Waals surface area (Å²) in [5, 5.41) is 11.5. The van der Waals surface area contributed by atoms with Crippen LogP contribution in [-0.4, -0.2) is 40.5 Å². The smallest absolute Gasteiger partial charge is 0.368 e. The van der Waals surface area contributed by atoms with Crippen LogP contribution in [0, 0.1) is 15.9 Å². The number of benzene rings is 1. The van der Waals surface area contributed by atoms with Gasteiger partial charge in [0.25, 0.3) is 0 Å². The molecule has 8 nitrogen and oxygen atoms in total. The summed E-state index contributed by atoms with van der Waals surface area (Å²) in [6.45, 7) is 2.10. The van der Waals surface area contributed by atoms with Crippen LogP contribution in [0.2, 0.25) is 0 Å². The van der Waals surface area contributed by atoms with E-state index in [1.54, 1.807) is 35.2 Å². The van der Waals surface area contributed by atoms with Gasteiger partial charge in [0.15, 0.2) is 0 Å². The minimum atomic E-state index is -0.693. The Bertz CT molecular complexity index is 1060. The number of aromatic nitrogens is 2. The molecule has 1 fully saturated rings. The number of nitro groups is 1. The minimum absolute atomic E-state index is 0.0926. The molecular formula is C18H16FN5O3. The second-order valence-corrected chi connectivity index (χ2v) is 6.23. The Morgan fingerprint density at radius 3 is 2.33 bits per heavy atom. The van der Waals surface area contributed by atoms with Gasteiger partial charge in [-0.15, -0.1) is 0 Å². The zero-order chi connectivity index (χ0) is 19.0. The molecule has 0 amide bonds. The van der Waals surface area contributed by atoms with Gasteiger partial charge in [-0.1, -0.05) is 6.07 Å². The lowest BCUT2D eigenvalue weighted by atomic mass is 10.2. The highest BCUT2D eigenvalue weighted by Crippen LogP contribution is 2.25. The normalized spacial score (nSPS) is 14.6. The molecule has 4 rings (SSSR count). The maximum atomic E-state index is 13.1. The second kappa shape index (κ2) is 6.67. The summed E-state index contributed by atoms with van der Waals surface area (Å²) in [4.78, 5) is 31.6. The summed E-state index contributed by atoms with van der Waals surface area (Å²) < 4.78 is 14.3. The molecule has 0 bridgehead atoms. The first-order valence-corrected chi connectivity index (χ1v) is 8.46. The van der Waals surface area contributed by atoms with E-state index in [9.17, 15) is 19.3 Å². The van der Waals surface area contributed by atoms with Crippen LogP contribution in [0.5, 0.6) is 0 Å². The zero-order valence-corrected chi connectivity index (χ0v) is 14.3. The molecule has 0 atom stereocenters. The van der Waals surface area contributed by atoms with Gasteiger partial charge in [0.05, 0.1) is 4.92 Å². The molecule has 1 aliphatic heterocycles. The van der Waals surface area contributed by atoms with Crippen molar-refractivity contribution in [3.8, 4) is 0 Å². The van der Waals surface area contributed by atoms with Crippen LogP contribution in [0.25, 0.3) is 5.65 Å². The molecule has 3 aromatic rings. The van der Waals surface area contributed by atoms with Crippen molar-refractivity contribution in [1.82, 2.24) is 9.38 Å². The van der Waals surface area contributed by atoms with Crippen molar-refractivity contribution in [2.75, 3.05) is 36.0 Å². The zero-order valence-electron chi connectivity index (χ0n) is 14.3. The second-order valence-electron chi connectivity index (χ2n) is 6.23. The number of pyridine rings is 1. The van der Waals surface area contributed by atoms with Gasteiger partial charge in [-0.05, 0) is 36.4 Å². The number of hydrogen-bond donors (Lipinski definition) is 0. The molecule has 1 aliphatic rings. The highest BCUT2D eigenvalue weighted by Gasteiger charge is 2.29. The topological polar surface area (TPSA) is 84.0 Å². The van der Waals surface area contributed by atoms with Crippen molar-refractivity contribution >= 4 is 22.8 Å². The first-order valence-electron chi connectivity index (χ1n) is 8.46. The van der Waals surface area contributed by atoms with E-state index >= 15 is 0 Å². The summed E-state index contributed by atoms with van der Waals surface area (Å²) in [5.41, 5.74) is 0.0386. The Hall–Kier alpha value is -3.49. The van der Waals surface area contributed by atoms with E-state index in [0.717, 1.165) is 5.69 Å². The predicted octanol–water partition coefficient (Wildman–Crippen LogP) is 2.07. The van der Waals surface area contributed by atoms with Crippen LogP contribution in [0.4, 0.5) is 21.6 Å². The molecule has 0 aliphatic carbocycles. The Kier molecular flexibility index (Phi) is 4.19. The molecule has 0 saturated carbocycles. The fraction of sp³-hybridized carbons (Fsp3) is 0.222. The van der Waals surface area contributed by atoms with Crippen LogP contribution >= 0.6 is 0 Å². The number of piperazine rings is 1. The molecule has 1 saturated heterocycles. The standard InChI is InChI=1S/C18H16FN5O3/c19-13-4-6-14(7-5-13)21-9-11-22(12-10-21)17-16(24(26)27)18(25)23-8-2-1-3-15(23)20-17/h1-8H,9-12H2. The molecule has 2 aromatic heterocycles. The summed E-state index contributed by atoms with van der Waals surface area (Å²) >= 11 is 0. The molecule has 0 N–H and O–H groups in total. The molecule has 9 heteroatoms. The predicted molar refractivity (Wildman–Crippen MR) is 98.9 cm³/mol. The van der Waals surface area contributed by atoms with Gasteiger partial charge in [-0.2, -0.15) is 0 Å². The van der Waals surface area contributed by atoms with Gasteiger partial charge in [-0.3, -0.25) is 19.3 Å². The molecule has 3 heterocycles. The first-order chi connectivity index (χ1) is 13.0. The third-order valence-electron chi connectivity index (χ3n) is 4.65. The van der Waals surface area contributed by atoms with E-state index in [4.69, 9.17) is 0 Å². The van der Waals surface area contributed by atoms with E-state index in [1.165, 1.54) is 22.7 Å². The minimum Gasteiger partial charge on any atom is -0.368 e. The maximum absolute atomic E-state index is 13.1. The number of hydrogen-bond acceptors (Lipinski definition) is 6. The van der Waals surface area contributed by atoms with E-state index in [1.807, 2.05) is 0 Å². The van der Waals surface area contributed by atoms with Gasteiger partial charge in [-0.25, -0.2) is 9.37 Å². The van der Waals surface area contributed by atoms with E-state index in [0.29, 0.717) is 31.8 Å². The lowest BCUT2D eigenvalue weighted by Crippen LogP contribution is -2.47. The average Bonchev–Trinajstić information content (AvgIpc) is 2.68. The van der Waals surface area contributed by atoms with Crippen LogP contribution < -0.4 is 15.4 Å². The van der Waals surface area contributed by atoms with Crippen molar-refractivity contribution in [3.05, 3.63) is 74.9 Å². The van der Waals surface area contributed by atoms with Gasteiger partial charge in [0, 0.05) is 38.1 Å². The Balaban J connectivity index is 1.65. The van der Waals surface area contributed by atoms with Crippen molar-refractivity contribution in [1.29, 1.82) is 0 Å². The van der Waals surface area contributed by atoms with E-state index in [-0.39, 0.29) is 11.6 Å². The maximum Gasteiger partial charge on any atom is 0.376 e. The Labute approximate surface area is 153 Å². The number of nitrogens with zero attached hydrogens (tertiary/aromatic N) is 5. The number of halogens is 1. The highest BCUT2D eigenvalue weighted by atomic mass is 19.1. The van der Waals surface area contributed by atoms with Gasteiger partial charge in [0.1, 0.15) is 11.5 Å². The van der Waals surface area contributed by atoms with Crippen LogP contribution in [-0.2, 0) is 0 Å². The fourth-order valence-electron chi connectivity index (χ4n) is 3.28. The Morgan fingerprint density at radius 1 is 1.00 bits per heavy atom. The SMILES string of the molecule is O=c1c([N+](=O)[O-])c(N2CCN(c3ccc(F)cc3)CC2)nc2ccccn12. The third kappa shape index (κ3) is 3.07. The molecular weight excluding hydrogens is 353 g/mol. The van der Waals surface area contributed by atoms with Gasteiger partial charge >= 0.3 is 11.2 Å². The van der Waals surface area contributed by atoms with E-state index < -0.39 is 16.2 Å². The van der Waals surface area contributed by atoms with Crippen molar-refractivity contribution < 1.29 is 9.31 Å². The number of anilines is 2.